The zero-order valence-corrected chi connectivity index (χ0v) is 5.83. The minimum atomic E-state index is 1.33. The maximum Gasteiger partial charge on any atom is 0.0222 e. The van der Waals surface area contributed by atoms with Crippen LogP contribution in [0.1, 0.15) is 12.8 Å². The van der Waals surface area contributed by atoms with E-state index < -0.39 is 0 Å². The van der Waals surface area contributed by atoms with Crippen LogP contribution in [0.25, 0.3) is 0 Å². The summed E-state index contributed by atoms with van der Waals surface area (Å²) in [5.74, 6) is 0. The molecule has 0 aromatic heterocycles. The monoisotopic (exact) mass is 112 g/mol. The first-order chi connectivity index (χ1) is 3.00. The van der Waals surface area contributed by atoms with Gasteiger partial charge in [-0.05, 0) is 0 Å². The topological polar surface area (TPSA) is 0 Å². The molecule has 1 aliphatic heterocycles. The van der Waals surface area contributed by atoms with Crippen LogP contribution in [0.4, 0.5) is 0 Å². The second kappa shape index (κ2) is 2.58. The summed E-state index contributed by atoms with van der Waals surface area (Å²) in [7, 11) is 2.66. The second-order valence-corrected chi connectivity index (χ2v) is 5.39. The van der Waals surface area contributed by atoms with Gasteiger partial charge in [-0.1, -0.05) is 24.9 Å². The molecular weight excluding hydrogens is 104 g/mol. The third-order valence-corrected chi connectivity index (χ3v) is 4.69. The predicted octanol–water partition coefficient (Wildman–Crippen LogP) is 0.940. The number of rotatable bonds is 0. The van der Waals surface area contributed by atoms with E-state index in [0.717, 1.165) is 0 Å². The summed E-state index contributed by atoms with van der Waals surface area (Å²) >= 11 is 0. The first-order valence-electron chi connectivity index (χ1n) is 2.46. The van der Waals surface area contributed by atoms with Crippen LogP contribution in [-0.2, 0) is 0 Å². The Labute approximate surface area is 43.8 Å². The van der Waals surface area contributed by atoms with E-state index in [1.165, 1.54) is 30.9 Å². The molecule has 1 aliphatic rings. The van der Waals surface area contributed by atoms with Crippen molar-refractivity contribution >= 4 is 18.1 Å². The molecule has 32 valence electrons. The smallest absolute Gasteiger partial charge is 0.0222 e. The molecule has 1 heterocycles. The van der Waals surface area contributed by atoms with Gasteiger partial charge in [-0.25, -0.2) is 0 Å². The van der Waals surface area contributed by atoms with Crippen molar-refractivity contribution in [2.45, 2.75) is 24.9 Å². The standard InChI is InChI=1S/C4H8Si2/c1-2-4-6-5-3-1/h1-4H2. The van der Waals surface area contributed by atoms with Gasteiger partial charge in [0.2, 0.25) is 0 Å². The Kier molecular flexibility index (Phi) is 1.97. The summed E-state index contributed by atoms with van der Waals surface area (Å²) in [6, 6.07) is 3.08. The Morgan fingerprint density at radius 2 is 1.33 bits per heavy atom. The summed E-state index contributed by atoms with van der Waals surface area (Å²) in [5.41, 5.74) is 0. The molecule has 0 atom stereocenters. The number of hydrogen-bond acceptors (Lipinski definition) is 0. The van der Waals surface area contributed by atoms with Crippen LogP contribution in [0.5, 0.6) is 0 Å². The lowest BCUT2D eigenvalue weighted by Gasteiger charge is -2.03. The van der Waals surface area contributed by atoms with Crippen molar-refractivity contribution in [3.63, 3.8) is 0 Å². The summed E-state index contributed by atoms with van der Waals surface area (Å²) in [4.78, 5) is 0. The first kappa shape index (κ1) is 4.59. The van der Waals surface area contributed by atoms with Crippen LogP contribution in [0.2, 0.25) is 12.1 Å². The summed E-state index contributed by atoms with van der Waals surface area (Å²) in [6.07, 6.45) is 3.04. The molecule has 0 aliphatic carbocycles. The third kappa shape index (κ3) is 1.26. The van der Waals surface area contributed by atoms with E-state index in [1.54, 1.807) is 12.1 Å². The van der Waals surface area contributed by atoms with Crippen LogP contribution in [-0.4, -0.2) is 18.1 Å². The summed E-state index contributed by atoms with van der Waals surface area (Å²) in [6.45, 7) is 0. The van der Waals surface area contributed by atoms with Gasteiger partial charge in [-0.15, -0.1) is 0 Å². The second-order valence-electron chi connectivity index (χ2n) is 1.56. The highest BCUT2D eigenvalue weighted by molar-refractivity contribution is 7.00. The Morgan fingerprint density at radius 1 is 0.833 bits per heavy atom. The van der Waals surface area contributed by atoms with E-state index in [4.69, 9.17) is 0 Å². The highest BCUT2D eigenvalue weighted by Gasteiger charge is 1.97. The Bertz CT molecular complexity index is 21.0. The van der Waals surface area contributed by atoms with Gasteiger partial charge in [-0.3, -0.25) is 0 Å². The van der Waals surface area contributed by atoms with E-state index in [-0.39, 0.29) is 0 Å². The largest absolute Gasteiger partial charge is 0.0638 e. The Hall–Kier alpha value is 0.434. The summed E-state index contributed by atoms with van der Waals surface area (Å²) < 4.78 is 0. The maximum absolute atomic E-state index is 1.54. The molecule has 0 N–H and O–H groups in total. The van der Waals surface area contributed by atoms with Crippen molar-refractivity contribution in [1.82, 2.24) is 0 Å². The van der Waals surface area contributed by atoms with Gasteiger partial charge in [0, 0.05) is 18.1 Å². The van der Waals surface area contributed by atoms with E-state index in [1.807, 2.05) is 0 Å². The summed E-state index contributed by atoms with van der Waals surface area (Å²) in [5, 5.41) is 0. The normalized spacial score (nSPS) is 24.0. The lowest BCUT2D eigenvalue weighted by atomic mass is 10.4. The highest BCUT2D eigenvalue weighted by atomic mass is 29.1. The molecule has 2 heteroatoms. The molecule has 0 saturated carbocycles. The maximum atomic E-state index is 1.54. The van der Waals surface area contributed by atoms with Crippen molar-refractivity contribution in [2.75, 3.05) is 0 Å². The molecule has 0 aromatic carbocycles. The lowest BCUT2D eigenvalue weighted by Crippen LogP contribution is -2.07. The van der Waals surface area contributed by atoms with Crippen LogP contribution in [0.15, 0.2) is 0 Å². The Balaban J connectivity index is 2.00. The molecule has 0 nitrogen and oxygen atoms in total. The van der Waals surface area contributed by atoms with E-state index >= 15 is 0 Å². The van der Waals surface area contributed by atoms with Gasteiger partial charge in [0.05, 0.1) is 0 Å². The van der Waals surface area contributed by atoms with Gasteiger partial charge in [0.1, 0.15) is 0 Å². The zero-order chi connectivity index (χ0) is 4.24. The fraction of sp³-hybridized carbons (Fsp3) is 1.00. The first-order valence-corrected chi connectivity index (χ1v) is 5.87. The minimum Gasteiger partial charge on any atom is -0.0638 e. The third-order valence-electron chi connectivity index (χ3n) is 0.979. The van der Waals surface area contributed by atoms with Gasteiger partial charge in [-0.2, -0.15) is 0 Å². The number of hydrogen-bond donors (Lipinski definition) is 0. The van der Waals surface area contributed by atoms with Gasteiger partial charge < -0.3 is 0 Å². The molecule has 4 radical (unpaired) electrons. The molecule has 6 heavy (non-hydrogen) atoms. The molecule has 1 fully saturated rings. The van der Waals surface area contributed by atoms with Crippen LogP contribution < -0.4 is 0 Å². The van der Waals surface area contributed by atoms with Crippen molar-refractivity contribution < 1.29 is 0 Å². The Morgan fingerprint density at radius 3 is 1.50 bits per heavy atom. The van der Waals surface area contributed by atoms with E-state index in [0.29, 0.717) is 0 Å². The van der Waals surface area contributed by atoms with Crippen molar-refractivity contribution in [2.24, 2.45) is 0 Å². The predicted molar refractivity (Wildman–Crippen MR) is 30.4 cm³/mol. The molecular formula is C4H8Si2. The van der Waals surface area contributed by atoms with E-state index in [2.05, 4.69) is 0 Å². The van der Waals surface area contributed by atoms with E-state index in [9.17, 15) is 0 Å². The fourth-order valence-corrected chi connectivity index (χ4v) is 3.93. The molecule has 0 aromatic rings. The molecule has 0 unspecified atom stereocenters. The molecule has 0 spiro atoms. The zero-order valence-electron chi connectivity index (χ0n) is 3.83. The molecule has 0 bridgehead atoms. The van der Waals surface area contributed by atoms with Crippen molar-refractivity contribution in [1.29, 1.82) is 0 Å². The highest BCUT2D eigenvalue weighted by Crippen LogP contribution is 2.04. The fourth-order valence-electron chi connectivity index (χ4n) is 0.604. The average Bonchev–Trinajstić information content (AvgIpc) is 1.72. The molecule has 0 amide bonds. The molecule has 1 saturated heterocycles. The lowest BCUT2D eigenvalue weighted by molar-refractivity contribution is 0.867. The van der Waals surface area contributed by atoms with Crippen molar-refractivity contribution in [3.05, 3.63) is 0 Å². The van der Waals surface area contributed by atoms with Crippen molar-refractivity contribution in [3.8, 4) is 0 Å². The van der Waals surface area contributed by atoms with Crippen LogP contribution in [0, 0.1) is 0 Å². The van der Waals surface area contributed by atoms with Crippen LogP contribution in [0.3, 0.4) is 0 Å². The van der Waals surface area contributed by atoms with Gasteiger partial charge in [0.15, 0.2) is 0 Å². The van der Waals surface area contributed by atoms with Gasteiger partial charge in [0.25, 0.3) is 0 Å². The molecule has 1 rings (SSSR count). The van der Waals surface area contributed by atoms with Gasteiger partial charge >= 0.3 is 0 Å². The minimum absolute atomic E-state index is 1.33. The SMILES string of the molecule is C1CC[Si][Si]C1. The average molecular weight is 112 g/mol. The van der Waals surface area contributed by atoms with Crippen LogP contribution >= 0.6 is 0 Å². The quantitative estimate of drug-likeness (QED) is 0.409.